The van der Waals surface area contributed by atoms with Crippen molar-refractivity contribution in [2.75, 3.05) is 13.7 Å². The second-order valence-corrected chi connectivity index (χ2v) is 12.2. The third-order valence-corrected chi connectivity index (χ3v) is 8.40. The average molecular weight is 661 g/mol. The number of ether oxygens (including phenoxy) is 2. The maximum absolute atomic E-state index is 13.7. The zero-order chi connectivity index (χ0) is 35.3. The van der Waals surface area contributed by atoms with Crippen LogP contribution in [0, 0.1) is 5.41 Å². The van der Waals surface area contributed by atoms with Gasteiger partial charge in [0.2, 0.25) is 5.91 Å². The van der Waals surface area contributed by atoms with E-state index in [2.05, 4.69) is 19.2 Å². The number of nitrogens with one attached hydrogen (secondary N) is 1. The number of carboxylic acids is 1. The first-order chi connectivity index (χ1) is 22.4. The van der Waals surface area contributed by atoms with Gasteiger partial charge >= 0.3 is 11.9 Å². The molecule has 11 nitrogen and oxygen atoms in total. The lowest BCUT2D eigenvalue weighted by molar-refractivity contribution is -0.180. The molecule has 0 heterocycles. The molecule has 0 aliphatic heterocycles. The Labute approximate surface area is 279 Å². The molecule has 1 aromatic rings. The van der Waals surface area contributed by atoms with Crippen molar-refractivity contribution in [1.82, 2.24) is 5.32 Å². The van der Waals surface area contributed by atoms with Crippen LogP contribution in [0.15, 0.2) is 36.4 Å². The Kier molecular flexibility index (Phi) is 19.3. The monoisotopic (exact) mass is 660 g/mol. The summed E-state index contributed by atoms with van der Waals surface area (Å²) in [6.45, 7) is 5.86. The number of allylic oxidation sites excluding steroid dienone is 1. The molecule has 0 saturated carbocycles. The van der Waals surface area contributed by atoms with Crippen LogP contribution in [0.1, 0.15) is 116 Å². The van der Waals surface area contributed by atoms with E-state index in [-0.39, 0.29) is 12.2 Å². The Bertz CT molecular complexity index is 1150. The van der Waals surface area contributed by atoms with Crippen LogP contribution in [0.4, 0.5) is 0 Å². The largest absolute Gasteiger partial charge is 0.494 e. The lowest BCUT2D eigenvalue weighted by atomic mass is 9.71. The minimum Gasteiger partial charge on any atom is -0.494 e. The van der Waals surface area contributed by atoms with Crippen LogP contribution in [-0.2, 0) is 35.1 Å². The first-order valence-electron chi connectivity index (χ1n) is 16.9. The van der Waals surface area contributed by atoms with E-state index in [4.69, 9.17) is 15.2 Å². The van der Waals surface area contributed by atoms with Gasteiger partial charge in [-0.2, -0.15) is 0 Å². The van der Waals surface area contributed by atoms with E-state index in [1.165, 1.54) is 18.9 Å². The van der Waals surface area contributed by atoms with Gasteiger partial charge in [-0.05, 0) is 56.7 Å². The normalized spacial score (nSPS) is 14.5. The standard InChI is InChI=1S/C36H56N2O9/c1-5-7-9-12-15-18-28(39)19-16-13-10-11-14-17-24-35(3,36(45,32(37)41)34(43)44)33(42)38-30(31(40)46-4)26-27-20-22-29(23-21-27)47-25-8-6-2/h17,20-24,30,45H,5-16,18-19,25-26H2,1-4H3,(H2,37,41)(H,38,42)(H,43,44)/b24-17+/t30-,35+,36-/m0/s1. The van der Waals surface area contributed by atoms with Crippen LogP contribution in [0.25, 0.3) is 0 Å². The van der Waals surface area contributed by atoms with Crippen molar-refractivity contribution in [3.05, 3.63) is 42.0 Å². The number of rotatable bonds is 26. The van der Waals surface area contributed by atoms with E-state index < -0.39 is 40.8 Å². The van der Waals surface area contributed by atoms with Gasteiger partial charge in [0, 0.05) is 19.3 Å². The number of nitrogens with two attached hydrogens (primary N) is 1. The number of carbonyl (C=O) groups is 5. The topological polar surface area (TPSA) is 182 Å². The van der Waals surface area contributed by atoms with Crippen molar-refractivity contribution < 1.29 is 43.7 Å². The molecule has 0 aliphatic carbocycles. The Morgan fingerprint density at radius 1 is 0.894 bits per heavy atom. The molecule has 3 atom stereocenters. The Morgan fingerprint density at radius 3 is 2.00 bits per heavy atom. The number of ketones is 1. The molecule has 0 aliphatic rings. The molecule has 264 valence electrons. The third kappa shape index (κ3) is 13.5. The van der Waals surface area contributed by atoms with Gasteiger partial charge in [-0.25, -0.2) is 9.59 Å². The van der Waals surface area contributed by atoms with Crippen LogP contribution in [-0.4, -0.2) is 65.1 Å². The van der Waals surface area contributed by atoms with Gasteiger partial charge in [0.15, 0.2) is 0 Å². The third-order valence-electron chi connectivity index (χ3n) is 8.40. The minimum atomic E-state index is -3.32. The number of unbranched alkanes of at least 4 members (excludes halogenated alkanes) is 9. The van der Waals surface area contributed by atoms with E-state index in [9.17, 15) is 34.2 Å². The summed E-state index contributed by atoms with van der Waals surface area (Å²) >= 11 is 0. The number of Topliss-reactive ketones (excluding diaryl/α,β-unsaturated/α-hetero) is 1. The van der Waals surface area contributed by atoms with Gasteiger partial charge in [0.1, 0.15) is 23.0 Å². The molecule has 0 spiro atoms. The number of carbonyl (C=O) groups excluding carboxylic acids is 4. The molecule has 5 N–H and O–H groups in total. The van der Waals surface area contributed by atoms with Crippen LogP contribution < -0.4 is 15.8 Å². The number of carboxylic acid groups (broad SMARTS) is 1. The van der Waals surface area contributed by atoms with Crippen molar-refractivity contribution in [2.45, 2.75) is 129 Å². The lowest BCUT2D eigenvalue weighted by Gasteiger charge is -2.37. The molecule has 1 aromatic carbocycles. The van der Waals surface area contributed by atoms with Gasteiger partial charge in [-0.3, -0.25) is 14.4 Å². The second-order valence-electron chi connectivity index (χ2n) is 12.2. The number of benzene rings is 1. The fourth-order valence-corrected chi connectivity index (χ4v) is 5.19. The number of methoxy groups -OCH3 is 1. The number of primary amides is 1. The van der Waals surface area contributed by atoms with E-state index >= 15 is 0 Å². The smallest absolute Gasteiger partial charge is 0.347 e. The van der Waals surface area contributed by atoms with Gasteiger partial charge in [0.05, 0.1) is 13.7 Å². The van der Waals surface area contributed by atoms with Crippen molar-refractivity contribution in [3.63, 3.8) is 0 Å². The zero-order valence-corrected chi connectivity index (χ0v) is 28.7. The number of aliphatic hydroxyl groups is 1. The minimum absolute atomic E-state index is 0.0170. The highest BCUT2D eigenvalue weighted by atomic mass is 16.5. The molecule has 0 radical (unpaired) electrons. The Morgan fingerprint density at radius 2 is 1.47 bits per heavy atom. The zero-order valence-electron chi connectivity index (χ0n) is 28.7. The van der Waals surface area contributed by atoms with Crippen LogP contribution in [0.2, 0.25) is 0 Å². The molecular formula is C36H56N2O9. The average Bonchev–Trinajstić information content (AvgIpc) is 3.05. The second kappa shape index (κ2) is 22.0. The van der Waals surface area contributed by atoms with Crippen molar-refractivity contribution >= 4 is 29.5 Å². The molecule has 0 unspecified atom stereocenters. The van der Waals surface area contributed by atoms with E-state index in [1.54, 1.807) is 24.3 Å². The van der Waals surface area contributed by atoms with E-state index in [0.29, 0.717) is 43.6 Å². The molecule has 11 heteroatoms. The summed E-state index contributed by atoms with van der Waals surface area (Å²) in [5, 5.41) is 23.4. The number of amides is 2. The SMILES string of the molecule is CCCCCCCC(=O)CCCCCC/C=C/[C@](C)(C(=O)N[C@@H](Cc1ccc(OCCCC)cc1)C(=O)OC)[C@](O)(C(N)=O)C(=O)O. The van der Waals surface area contributed by atoms with Crippen molar-refractivity contribution in [1.29, 1.82) is 0 Å². The number of hydrogen-bond donors (Lipinski definition) is 4. The van der Waals surface area contributed by atoms with Crippen LogP contribution in [0.5, 0.6) is 5.75 Å². The molecule has 0 saturated heterocycles. The number of hydrogen-bond acceptors (Lipinski definition) is 8. The van der Waals surface area contributed by atoms with Crippen molar-refractivity contribution in [2.24, 2.45) is 11.1 Å². The molecule has 0 aromatic heterocycles. The summed E-state index contributed by atoms with van der Waals surface area (Å²) in [4.78, 5) is 63.0. The highest BCUT2D eigenvalue weighted by molar-refractivity contribution is 6.11. The van der Waals surface area contributed by atoms with Crippen LogP contribution >= 0.6 is 0 Å². The molecule has 1 rings (SSSR count). The Hall–Kier alpha value is -3.73. The summed E-state index contributed by atoms with van der Waals surface area (Å²) in [7, 11) is 1.15. The lowest BCUT2D eigenvalue weighted by Crippen LogP contribution is -2.66. The summed E-state index contributed by atoms with van der Waals surface area (Å²) in [5.41, 5.74) is 0.297. The van der Waals surface area contributed by atoms with Gasteiger partial charge in [-0.1, -0.05) is 83.1 Å². The fraction of sp³-hybridized carbons (Fsp3) is 0.639. The molecule has 2 amide bonds. The molecule has 0 fully saturated rings. The van der Waals surface area contributed by atoms with E-state index in [0.717, 1.165) is 71.5 Å². The predicted molar refractivity (Wildman–Crippen MR) is 180 cm³/mol. The van der Waals surface area contributed by atoms with Gasteiger partial charge in [-0.15, -0.1) is 0 Å². The maximum atomic E-state index is 13.7. The summed E-state index contributed by atoms with van der Waals surface area (Å²) in [6.07, 6.45) is 14.8. The van der Waals surface area contributed by atoms with Crippen LogP contribution in [0.3, 0.4) is 0 Å². The first kappa shape index (κ1) is 41.3. The number of esters is 1. The fourth-order valence-electron chi connectivity index (χ4n) is 5.19. The quantitative estimate of drug-likeness (QED) is 0.0449. The highest BCUT2D eigenvalue weighted by Gasteiger charge is 2.61. The van der Waals surface area contributed by atoms with Gasteiger partial charge < -0.3 is 30.7 Å². The number of aliphatic carboxylic acids is 1. The maximum Gasteiger partial charge on any atom is 0.347 e. The van der Waals surface area contributed by atoms with Crippen molar-refractivity contribution in [3.8, 4) is 5.75 Å². The molecule has 47 heavy (non-hydrogen) atoms. The molecule has 0 bridgehead atoms. The summed E-state index contributed by atoms with van der Waals surface area (Å²) < 4.78 is 10.5. The first-order valence-corrected chi connectivity index (χ1v) is 16.9. The summed E-state index contributed by atoms with van der Waals surface area (Å²) in [5.74, 6) is -4.61. The Balaban J connectivity index is 2.93. The predicted octanol–water partition coefficient (Wildman–Crippen LogP) is 5.20. The van der Waals surface area contributed by atoms with Gasteiger partial charge in [0.25, 0.3) is 11.5 Å². The highest BCUT2D eigenvalue weighted by Crippen LogP contribution is 2.35. The summed E-state index contributed by atoms with van der Waals surface area (Å²) in [6, 6.07) is 5.65. The van der Waals surface area contributed by atoms with E-state index in [1.807, 2.05) is 0 Å². The molecular weight excluding hydrogens is 604 g/mol.